The van der Waals surface area contributed by atoms with Gasteiger partial charge in [0.15, 0.2) is 0 Å². The molecule has 14 heavy (non-hydrogen) atoms. The fraction of sp³-hybridized carbons (Fsp3) is 0.556. The van der Waals surface area contributed by atoms with Gasteiger partial charge in [-0.3, -0.25) is 9.48 Å². The van der Waals surface area contributed by atoms with E-state index in [1.807, 2.05) is 14.0 Å². The van der Waals surface area contributed by atoms with Gasteiger partial charge in [-0.2, -0.15) is 5.10 Å². The van der Waals surface area contributed by atoms with Gasteiger partial charge in [-0.15, -0.1) is 0 Å². The van der Waals surface area contributed by atoms with Gasteiger partial charge in [0.05, 0.1) is 12.1 Å². The molecule has 1 heterocycles. The molecule has 5 heteroatoms. The molecule has 0 fully saturated rings. The highest BCUT2D eigenvalue weighted by Gasteiger charge is 2.16. The van der Waals surface area contributed by atoms with Crippen molar-refractivity contribution in [2.45, 2.75) is 13.3 Å². The fourth-order valence-corrected chi connectivity index (χ4v) is 1.31. The lowest BCUT2D eigenvalue weighted by Crippen LogP contribution is -2.31. The highest BCUT2D eigenvalue weighted by molar-refractivity contribution is 5.77. The summed E-state index contributed by atoms with van der Waals surface area (Å²) in [5.74, 6) is -0.645. The number of aromatic nitrogens is 2. The second-order valence-corrected chi connectivity index (χ2v) is 3.42. The summed E-state index contributed by atoms with van der Waals surface area (Å²) in [7, 11) is 1.86. The van der Waals surface area contributed by atoms with Gasteiger partial charge in [0.2, 0.25) is 5.91 Å². The summed E-state index contributed by atoms with van der Waals surface area (Å²) in [5, 5.41) is 4.09. The van der Waals surface area contributed by atoms with Crippen molar-refractivity contribution >= 4 is 5.91 Å². The van der Waals surface area contributed by atoms with Gasteiger partial charge in [-0.1, -0.05) is 0 Å². The average Bonchev–Trinajstić information content (AvgIpc) is 2.44. The fourth-order valence-electron chi connectivity index (χ4n) is 1.31. The van der Waals surface area contributed by atoms with Crippen molar-refractivity contribution in [1.82, 2.24) is 9.78 Å². The molecule has 0 aliphatic heterocycles. The molecule has 0 saturated heterocycles. The Morgan fingerprint density at radius 3 is 2.71 bits per heavy atom. The number of hydrogen-bond donors (Lipinski definition) is 2. The molecule has 0 aromatic carbocycles. The molecule has 0 aliphatic rings. The van der Waals surface area contributed by atoms with Gasteiger partial charge in [-0.25, -0.2) is 0 Å². The summed E-state index contributed by atoms with van der Waals surface area (Å²) >= 11 is 0. The standard InChI is InChI=1S/C9H16N4O/c1-6-8(5-12-13(6)2)3-7(4-10)9(11)14/h5,7H,3-4,10H2,1-2H3,(H2,11,14). The zero-order chi connectivity index (χ0) is 10.7. The zero-order valence-corrected chi connectivity index (χ0v) is 8.53. The van der Waals surface area contributed by atoms with Crippen molar-refractivity contribution in [2.75, 3.05) is 6.54 Å². The first kappa shape index (κ1) is 10.7. The van der Waals surface area contributed by atoms with Crippen molar-refractivity contribution in [3.8, 4) is 0 Å². The van der Waals surface area contributed by atoms with Crippen LogP contribution < -0.4 is 11.5 Å². The second kappa shape index (κ2) is 4.23. The van der Waals surface area contributed by atoms with E-state index >= 15 is 0 Å². The van der Waals surface area contributed by atoms with Gasteiger partial charge in [0, 0.05) is 19.3 Å². The Hall–Kier alpha value is -1.36. The van der Waals surface area contributed by atoms with Crippen LogP contribution in [0.15, 0.2) is 6.20 Å². The van der Waals surface area contributed by atoms with Crippen molar-refractivity contribution in [3.63, 3.8) is 0 Å². The van der Waals surface area contributed by atoms with Crippen molar-refractivity contribution in [2.24, 2.45) is 24.4 Å². The summed E-state index contributed by atoms with van der Waals surface area (Å²) < 4.78 is 1.77. The van der Waals surface area contributed by atoms with Crippen LogP contribution in [0.4, 0.5) is 0 Å². The largest absolute Gasteiger partial charge is 0.369 e. The maximum absolute atomic E-state index is 11.0. The van der Waals surface area contributed by atoms with E-state index in [1.54, 1.807) is 10.9 Å². The normalized spacial score (nSPS) is 12.8. The molecule has 0 spiro atoms. The van der Waals surface area contributed by atoms with Crippen LogP contribution in [-0.4, -0.2) is 22.2 Å². The number of carbonyl (C=O) groups is 1. The Labute approximate surface area is 83.1 Å². The molecule has 0 saturated carbocycles. The van der Waals surface area contributed by atoms with Gasteiger partial charge >= 0.3 is 0 Å². The third-order valence-corrected chi connectivity index (χ3v) is 2.49. The second-order valence-electron chi connectivity index (χ2n) is 3.42. The topological polar surface area (TPSA) is 86.9 Å². The molecule has 78 valence electrons. The number of primary amides is 1. The Kier molecular flexibility index (Phi) is 3.24. The predicted molar refractivity (Wildman–Crippen MR) is 53.4 cm³/mol. The number of hydrogen-bond acceptors (Lipinski definition) is 3. The highest BCUT2D eigenvalue weighted by Crippen LogP contribution is 2.11. The number of nitrogens with two attached hydrogens (primary N) is 2. The SMILES string of the molecule is Cc1c(CC(CN)C(N)=O)cnn1C. The number of amides is 1. The monoisotopic (exact) mass is 196 g/mol. The molecule has 0 bridgehead atoms. The third kappa shape index (κ3) is 2.11. The van der Waals surface area contributed by atoms with Crippen LogP contribution in [0, 0.1) is 12.8 Å². The maximum Gasteiger partial charge on any atom is 0.222 e. The number of nitrogens with zero attached hydrogens (tertiary/aromatic N) is 2. The predicted octanol–water partition coefficient (Wildman–Crippen LogP) is -0.669. The molecule has 1 amide bonds. The molecule has 1 atom stereocenters. The van der Waals surface area contributed by atoms with E-state index in [1.165, 1.54) is 0 Å². The molecule has 0 aliphatic carbocycles. The lowest BCUT2D eigenvalue weighted by Gasteiger charge is -2.09. The minimum atomic E-state index is -0.351. The van der Waals surface area contributed by atoms with Crippen molar-refractivity contribution < 1.29 is 4.79 Å². The zero-order valence-electron chi connectivity index (χ0n) is 8.53. The molecule has 1 rings (SSSR count). The van der Waals surface area contributed by atoms with E-state index in [4.69, 9.17) is 11.5 Å². The van der Waals surface area contributed by atoms with Crippen molar-refractivity contribution in [1.29, 1.82) is 0 Å². The van der Waals surface area contributed by atoms with Crippen LogP contribution in [0.25, 0.3) is 0 Å². The molecular weight excluding hydrogens is 180 g/mol. The molecule has 1 unspecified atom stereocenters. The van der Waals surface area contributed by atoms with E-state index in [9.17, 15) is 4.79 Å². The number of rotatable bonds is 4. The summed E-state index contributed by atoms with van der Waals surface area (Å²) in [6, 6.07) is 0. The summed E-state index contributed by atoms with van der Waals surface area (Å²) in [5.41, 5.74) is 12.7. The smallest absolute Gasteiger partial charge is 0.222 e. The molecule has 5 nitrogen and oxygen atoms in total. The lowest BCUT2D eigenvalue weighted by molar-refractivity contribution is -0.121. The van der Waals surface area contributed by atoms with Crippen LogP contribution >= 0.6 is 0 Å². The maximum atomic E-state index is 11.0. The average molecular weight is 196 g/mol. The van der Waals surface area contributed by atoms with Crippen LogP contribution in [0.3, 0.4) is 0 Å². The molecular formula is C9H16N4O. The van der Waals surface area contributed by atoms with Gasteiger partial charge in [-0.05, 0) is 18.9 Å². The van der Waals surface area contributed by atoms with E-state index in [2.05, 4.69) is 5.10 Å². The lowest BCUT2D eigenvalue weighted by atomic mass is 9.99. The Balaban J connectivity index is 2.77. The van der Waals surface area contributed by atoms with E-state index < -0.39 is 0 Å². The van der Waals surface area contributed by atoms with Crippen LogP contribution in [0.5, 0.6) is 0 Å². The van der Waals surface area contributed by atoms with Gasteiger partial charge in [0.1, 0.15) is 0 Å². The summed E-state index contributed by atoms with van der Waals surface area (Å²) in [4.78, 5) is 11.0. The Bertz CT molecular complexity index is 332. The first-order chi connectivity index (χ1) is 6.56. The van der Waals surface area contributed by atoms with E-state index in [-0.39, 0.29) is 18.4 Å². The highest BCUT2D eigenvalue weighted by atomic mass is 16.1. The first-order valence-corrected chi connectivity index (χ1v) is 4.53. The minimum Gasteiger partial charge on any atom is -0.369 e. The first-order valence-electron chi connectivity index (χ1n) is 4.53. The third-order valence-electron chi connectivity index (χ3n) is 2.49. The van der Waals surface area contributed by atoms with E-state index in [0.717, 1.165) is 11.3 Å². The Morgan fingerprint density at radius 2 is 2.36 bits per heavy atom. The van der Waals surface area contributed by atoms with Gasteiger partial charge < -0.3 is 11.5 Å². The minimum absolute atomic E-state index is 0.281. The number of aryl methyl sites for hydroxylation is 1. The summed E-state index contributed by atoms with van der Waals surface area (Å²) in [6.07, 6.45) is 2.33. The molecule has 1 aromatic rings. The van der Waals surface area contributed by atoms with Crippen LogP contribution in [0.2, 0.25) is 0 Å². The number of carbonyl (C=O) groups excluding carboxylic acids is 1. The molecule has 0 radical (unpaired) electrons. The Morgan fingerprint density at radius 1 is 1.71 bits per heavy atom. The molecule has 1 aromatic heterocycles. The van der Waals surface area contributed by atoms with Crippen LogP contribution in [0.1, 0.15) is 11.3 Å². The van der Waals surface area contributed by atoms with Crippen LogP contribution in [-0.2, 0) is 18.3 Å². The van der Waals surface area contributed by atoms with Crippen molar-refractivity contribution in [3.05, 3.63) is 17.5 Å². The van der Waals surface area contributed by atoms with E-state index in [0.29, 0.717) is 6.42 Å². The molecule has 4 N–H and O–H groups in total. The summed E-state index contributed by atoms with van der Waals surface area (Å²) in [6.45, 7) is 2.24. The van der Waals surface area contributed by atoms with Gasteiger partial charge in [0.25, 0.3) is 0 Å². The quantitative estimate of drug-likeness (QED) is 0.669.